The average Bonchev–Trinajstić information content (AvgIpc) is 3.67. The summed E-state index contributed by atoms with van der Waals surface area (Å²) in [5.41, 5.74) is -0.832. The summed E-state index contributed by atoms with van der Waals surface area (Å²) in [6, 6.07) is 3.20. The summed E-state index contributed by atoms with van der Waals surface area (Å²) in [7, 11) is 1.51. The maximum absolute atomic E-state index is 14.7. The first kappa shape index (κ1) is 40.6. The SMILES string of the molecule is C=C[C@@H]1C[C@]1(NC(=O)[C@@H]1C[C@@H](Oc2cc(-c3csc(NC(C)C)n3)nc3c(Cl)c(OC)ccc23)CN1C(=O)C(NC(=O)OC1CC2CCC1C2)C(C)(C)C)C(=O)O. The number of pyridine rings is 1. The zero-order chi connectivity index (χ0) is 41.0. The molecule has 1 saturated heterocycles. The molecule has 4 aliphatic rings. The molecule has 3 heterocycles. The van der Waals surface area contributed by atoms with E-state index in [9.17, 15) is 24.3 Å². The number of alkyl carbamates (subject to hydrolysis) is 1. The number of aliphatic carboxylic acids is 1. The predicted octanol–water partition coefficient (Wildman–Crippen LogP) is 6.66. The van der Waals surface area contributed by atoms with Crippen molar-refractivity contribution in [3.63, 3.8) is 0 Å². The fraction of sp³-hybridized carbons (Fsp3) is 0.561. The van der Waals surface area contributed by atoms with Gasteiger partial charge in [0.05, 0.1) is 24.9 Å². The summed E-state index contributed by atoms with van der Waals surface area (Å²) >= 11 is 8.26. The number of nitrogens with zero attached hydrogens (tertiary/aromatic N) is 3. The minimum absolute atomic E-state index is 0.0284. The molecular formula is C41H51ClN6O8S. The van der Waals surface area contributed by atoms with Crippen molar-refractivity contribution in [2.45, 2.75) is 109 Å². The van der Waals surface area contributed by atoms with Gasteiger partial charge in [-0.15, -0.1) is 17.9 Å². The summed E-state index contributed by atoms with van der Waals surface area (Å²) in [6.45, 7) is 13.2. The van der Waals surface area contributed by atoms with E-state index in [0.717, 1.165) is 30.8 Å². The minimum atomic E-state index is -1.53. The number of carboxylic acids is 1. The van der Waals surface area contributed by atoms with Crippen LogP contribution in [0.4, 0.5) is 9.93 Å². The summed E-state index contributed by atoms with van der Waals surface area (Å²) in [5.74, 6) is -1.11. The van der Waals surface area contributed by atoms with Crippen LogP contribution in [0.3, 0.4) is 0 Å². The van der Waals surface area contributed by atoms with Crippen molar-refractivity contribution in [2.75, 3.05) is 19.0 Å². The number of anilines is 1. The largest absolute Gasteiger partial charge is 0.495 e. The molecule has 3 aliphatic carbocycles. The van der Waals surface area contributed by atoms with E-state index in [-0.39, 0.29) is 36.6 Å². The van der Waals surface area contributed by atoms with Crippen LogP contribution in [0.25, 0.3) is 22.3 Å². The Morgan fingerprint density at radius 1 is 1.11 bits per heavy atom. The third kappa shape index (κ3) is 8.09. The van der Waals surface area contributed by atoms with Crippen LogP contribution >= 0.6 is 22.9 Å². The highest BCUT2D eigenvalue weighted by Gasteiger charge is 2.61. The lowest BCUT2D eigenvalue weighted by Crippen LogP contribution is -2.59. The minimum Gasteiger partial charge on any atom is -0.495 e. The van der Waals surface area contributed by atoms with Crippen molar-refractivity contribution in [1.82, 2.24) is 25.5 Å². The number of ether oxygens (including phenoxy) is 3. The number of aromatic nitrogens is 2. The number of hydrogen-bond donors (Lipinski definition) is 4. The van der Waals surface area contributed by atoms with Gasteiger partial charge in [0.15, 0.2) is 5.13 Å². The molecule has 14 nitrogen and oxygen atoms in total. The fourth-order valence-electron chi connectivity index (χ4n) is 8.61. The topological polar surface area (TPSA) is 181 Å². The fourth-order valence-corrected chi connectivity index (χ4v) is 9.74. The Bertz CT molecular complexity index is 2090. The van der Waals surface area contributed by atoms with Crippen LogP contribution in [0.2, 0.25) is 5.02 Å². The van der Waals surface area contributed by atoms with Gasteiger partial charge in [0.1, 0.15) is 52.0 Å². The molecule has 3 amide bonds. The van der Waals surface area contributed by atoms with Gasteiger partial charge in [-0.25, -0.2) is 19.6 Å². The second kappa shape index (κ2) is 15.6. The maximum atomic E-state index is 14.7. The standard InChI is InChI=1S/C41H51ClN6O8S/c1-8-23-17-41(23,37(51)52)47-35(49)28-15-24(18-48(28)36(50)34(40(4,5)6)46-39(53)56-30-14-21-9-10-22(30)13-21)55-31-16-26(27-19-57-38(45-27)43-20(2)3)44-33-25(31)11-12-29(54-7)32(33)42/h8,11-12,16,19-24,28,30,34H,1,9-10,13-15,17-18H2,2-7H3,(H,43,45)(H,46,53)(H,47,49)(H,51,52)/t21?,22?,23-,24-,28+,30?,34?,41-/m1/s1. The highest BCUT2D eigenvalue weighted by Crippen LogP contribution is 2.47. The summed E-state index contributed by atoms with van der Waals surface area (Å²) in [6.07, 6.45) is 4.14. The summed E-state index contributed by atoms with van der Waals surface area (Å²) in [4.78, 5) is 65.7. The lowest BCUT2D eigenvalue weighted by Gasteiger charge is -2.35. The Labute approximate surface area is 341 Å². The Hall–Kier alpha value is -4.63. The Balaban J connectivity index is 1.20. The number of fused-ring (bicyclic) bond motifs is 3. The van der Waals surface area contributed by atoms with Gasteiger partial charge in [0.2, 0.25) is 11.8 Å². The molecule has 4 unspecified atom stereocenters. The molecule has 3 aromatic rings. The molecule has 1 aromatic carbocycles. The number of methoxy groups -OCH3 is 1. The zero-order valence-corrected chi connectivity index (χ0v) is 34.7. The first-order valence-corrected chi connectivity index (χ1v) is 20.8. The smallest absolute Gasteiger partial charge is 0.408 e. The number of thiazole rings is 1. The molecule has 4 fully saturated rings. The molecule has 2 bridgehead atoms. The number of carbonyl (C=O) groups is 4. The van der Waals surface area contributed by atoms with Gasteiger partial charge in [0.25, 0.3) is 0 Å². The van der Waals surface area contributed by atoms with E-state index in [0.29, 0.717) is 45.6 Å². The Morgan fingerprint density at radius 3 is 2.49 bits per heavy atom. The van der Waals surface area contributed by atoms with E-state index in [1.54, 1.807) is 18.2 Å². The van der Waals surface area contributed by atoms with Crippen LogP contribution in [0.15, 0.2) is 36.2 Å². The molecule has 0 radical (unpaired) electrons. The van der Waals surface area contributed by atoms with Crippen molar-refractivity contribution in [3.05, 3.63) is 41.3 Å². The number of carbonyl (C=O) groups excluding carboxylic acids is 3. The second-order valence-electron chi connectivity index (χ2n) is 17.2. The molecule has 3 saturated carbocycles. The monoisotopic (exact) mass is 822 g/mol. The third-order valence-electron chi connectivity index (χ3n) is 11.7. The van der Waals surface area contributed by atoms with E-state index in [4.69, 9.17) is 35.8 Å². The quantitative estimate of drug-likeness (QED) is 0.135. The third-order valence-corrected chi connectivity index (χ3v) is 12.9. The van der Waals surface area contributed by atoms with Gasteiger partial charge >= 0.3 is 12.1 Å². The van der Waals surface area contributed by atoms with E-state index in [1.165, 1.54) is 29.4 Å². The second-order valence-corrected chi connectivity index (χ2v) is 18.4. The van der Waals surface area contributed by atoms with Crippen molar-refractivity contribution < 1.29 is 38.5 Å². The molecular weight excluding hydrogens is 772 g/mol. The van der Waals surface area contributed by atoms with Crippen LogP contribution in [0.5, 0.6) is 11.5 Å². The maximum Gasteiger partial charge on any atom is 0.408 e. The molecule has 57 heavy (non-hydrogen) atoms. The number of halogens is 1. The first-order chi connectivity index (χ1) is 27.0. The van der Waals surface area contributed by atoms with Crippen LogP contribution in [-0.4, -0.2) is 93.4 Å². The molecule has 16 heteroatoms. The molecule has 4 N–H and O–H groups in total. The van der Waals surface area contributed by atoms with E-state index < -0.39 is 58.9 Å². The average molecular weight is 823 g/mol. The normalized spacial score (nSPS) is 26.9. The van der Waals surface area contributed by atoms with Crippen molar-refractivity contribution in [2.24, 2.45) is 23.2 Å². The van der Waals surface area contributed by atoms with Crippen molar-refractivity contribution in [3.8, 4) is 22.9 Å². The van der Waals surface area contributed by atoms with Crippen LogP contribution in [-0.2, 0) is 19.1 Å². The number of rotatable bonds is 13. The number of hydrogen-bond acceptors (Lipinski definition) is 11. The molecule has 7 rings (SSSR count). The number of carboxylic acid groups (broad SMARTS) is 1. The number of nitrogens with one attached hydrogen (secondary N) is 3. The van der Waals surface area contributed by atoms with Gasteiger partial charge < -0.3 is 40.2 Å². The molecule has 2 aromatic heterocycles. The lowest BCUT2D eigenvalue weighted by molar-refractivity contribution is -0.146. The number of amides is 3. The lowest BCUT2D eigenvalue weighted by atomic mass is 9.85. The van der Waals surface area contributed by atoms with E-state index >= 15 is 0 Å². The van der Waals surface area contributed by atoms with Crippen LogP contribution in [0, 0.1) is 23.2 Å². The molecule has 306 valence electrons. The van der Waals surface area contributed by atoms with Crippen molar-refractivity contribution in [1.29, 1.82) is 0 Å². The van der Waals surface area contributed by atoms with Crippen molar-refractivity contribution >= 4 is 62.8 Å². The number of benzene rings is 1. The van der Waals surface area contributed by atoms with Gasteiger partial charge in [-0.2, -0.15) is 0 Å². The van der Waals surface area contributed by atoms with E-state index in [2.05, 4.69) is 22.5 Å². The van der Waals surface area contributed by atoms with E-state index in [1.807, 2.05) is 40.0 Å². The predicted molar refractivity (Wildman–Crippen MR) is 217 cm³/mol. The van der Waals surface area contributed by atoms with Crippen LogP contribution < -0.4 is 25.4 Å². The summed E-state index contributed by atoms with van der Waals surface area (Å²) in [5, 5.41) is 22.4. The highest BCUT2D eigenvalue weighted by molar-refractivity contribution is 7.14. The van der Waals surface area contributed by atoms with Gasteiger partial charge in [-0.05, 0) is 75.3 Å². The van der Waals surface area contributed by atoms with Gasteiger partial charge in [0, 0.05) is 35.2 Å². The molecule has 8 atom stereocenters. The van der Waals surface area contributed by atoms with Crippen LogP contribution in [0.1, 0.15) is 73.1 Å². The van der Waals surface area contributed by atoms with Gasteiger partial charge in [-0.3, -0.25) is 9.59 Å². The first-order valence-electron chi connectivity index (χ1n) is 19.5. The summed E-state index contributed by atoms with van der Waals surface area (Å²) < 4.78 is 18.1. The highest BCUT2D eigenvalue weighted by atomic mass is 35.5. The zero-order valence-electron chi connectivity index (χ0n) is 33.1. The Morgan fingerprint density at radius 2 is 1.88 bits per heavy atom. The Kier molecular flexibility index (Phi) is 11.1. The van der Waals surface area contributed by atoms with Gasteiger partial charge in [-0.1, -0.05) is 38.4 Å². The molecule has 0 spiro atoms. The molecule has 1 aliphatic heterocycles. The number of likely N-dealkylation sites (tertiary alicyclic amines) is 1.